The molecule has 0 aliphatic rings. The predicted molar refractivity (Wildman–Crippen MR) is 25.9 cm³/mol. The van der Waals surface area contributed by atoms with Crippen molar-refractivity contribution in [2.75, 3.05) is 0 Å². The van der Waals surface area contributed by atoms with Gasteiger partial charge in [0.15, 0.2) is 0 Å². The molecule has 3 nitrogen and oxygen atoms in total. The lowest BCUT2D eigenvalue weighted by Crippen LogP contribution is -2.12. The first-order valence-corrected chi connectivity index (χ1v) is 1.70. The summed E-state index contributed by atoms with van der Waals surface area (Å²) in [6.07, 6.45) is -1.25. The molecule has 0 aromatic heterocycles. The maximum Gasteiger partial charge on any atom is 0.321 e. The summed E-state index contributed by atoms with van der Waals surface area (Å²) >= 11 is 0. The molecule has 0 heterocycles. The van der Waals surface area contributed by atoms with Crippen LogP contribution in [0.5, 0.6) is 0 Å². The summed E-state index contributed by atoms with van der Waals surface area (Å²) in [5.74, 6) is -0.694. The first-order valence-electron chi connectivity index (χ1n) is 1.70. The number of aliphatic hydroxyl groups is 1. The van der Waals surface area contributed by atoms with Crippen molar-refractivity contribution in [3.63, 3.8) is 0 Å². The van der Waals surface area contributed by atoms with Crippen LogP contribution < -0.4 is 0 Å². The third-order valence-electron chi connectivity index (χ3n) is 0.441. The molecule has 0 radical (unpaired) electrons. The van der Waals surface area contributed by atoms with Crippen molar-refractivity contribution in [2.24, 2.45) is 4.99 Å². The Balaban J connectivity index is 3.56. The molecule has 0 saturated heterocycles. The van der Waals surface area contributed by atoms with Gasteiger partial charge in [0, 0.05) is 0 Å². The SMILES string of the molecule is C=NC(=O)[C@H]([CH2+])O. The minimum atomic E-state index is -1.25. The van der Waals surface area contributed by atoms with Crippen molar-refractivity contribution >= 4 is 12.6 Å². The van der Waals surface area contributed by atoms with E-state index < -0.39 is 12.0 Å². The van der Waals surface area contributed by atoms with E-state index in [0.717, 1.165) is 0 Å². The van der Waals surface area contributed by atoms with Gasteiger partial charge in [-0.25, -0.2) is 4.99 Å². The molecule has 0 aliphatic carbocycles. The number of amides is 1. The van der Waals surface area contributed by atoms with Gasteiger partial charge in [-0.3, -0.25) is 4.79 Å². The van der Waals surface area contributed by atoms with Gasteiger partial charge in [0.1, 0.15) is 6.92 Å². The zero-order valence-corrected chi connectivity index (χ0v) is 3.79. The fourth-order valence-electron chi connectivity index (χ4n) is 0.105. The van der Waals surface area contributed by atoms with Gasteiger partial charge < -0.3 is 5.11 Å². The molecule has 0 bridgehead atoms. The highest BCUT2D eigenvalue weighted by atomic mass is 16.3. The second-order valence-electron chi connectivity index (χ2n) is 1.01. The summed E-state index contributed by atoms with van der Waals surface area (Å²) in [6, 6.07) is 0. The minimum absolute atomic E-state index is 0.694. The largest absolute Gasteiger partial charge is 0.346 e. The Bertz CT molecular complexity index is 87.7. The van der Waals surface area contributed by atoms with Gasteiger partial charge in [-0.2, -0.15) is 0 Å². The Kier molecular flexibility index (Phi) is 2.08. The normalized spacial score (nSPS) is 12.7. The fourth-order valence-corrected chi connectivity index (χ4v) is 0.105. The zero-order valence-electron chi connectivity index (χ0n) is 3.79. The second kappa shape index (κ2) is 2.36. The molecule has 38 valence electrons. The number of hydrogen-bond donors (Lipinski definition) is 1. The van der Waals surface area contributed by atoms with E-state index in [1.165, 1.54) is 0 Å². The van der Waals surface area contributed by atoms with E-state index >= 15 is 0 Å². The average molecular weight is 100 g/mol. The quantitative estimate of drug-likeness (QED) is 0.353. The number of aliphatic imine (C=N–C) groups is 1. The van der Waals surface area contributed by atoms with E-state index in [1.807, 2.05) is 0 Å². The average Bonchev–Trinajstić information content (AvgIpc) is 1.65. The van der Waals surface area contributed by atoms with Crippen LogP contribution in [0.2, 0.25) is 0 Å². The third kappa shape index (κ3) is 1.94. The van der Waals surface area contributed by atoms with Crippen LogP contribution in [0.15, 0.2) is 4.99 Å². The minimum Gasteiger partial charge on any atom is -0.346 e. The fraction of sp³-hybridized carbons (Fsp3) is 0.250. The molecule has 0 spiro atoms. The standard InChI is InChI=1S/C4H6NO2/c1-3(6)4(7)5-2/h3,6H,1-2H2/q+1/t3-/m0/s1. The van der Waals surface area contributed by atoms with Crippen LogP contribution in [0.4, 0.5) is 0 Å². The first kappa shape index (κ1) is 6.17. The second-order valence-corrected chi connectivity index (χ2v) is 1.01. The highest BCUT2D eigenvalue weighted by molar-refractivity contribution is 5.84. The van der Waals surface area contributed by atoms with Crippen LogP contribution in [-0.4, -0.2) is 23.8 Å². The number of nitrogens with zero attached hydrogens (tertiary/aromatic N) is 1. The number of hydrogen-bond acceptors (Lipinski definition) is 2. The maximum absolute atomic E-state index is 9.97. The van der Waals surface area contributed by atoms with Crippen LogP contribution in [-0.2, 0) is 4.79 Å². The van der Waals surface area contributed by atoms with Crippen molar-refractivity contribution in [3.8, 4) is 0 Å². The van der Waals surface area contributed by atoms with Gasteiger partial charge in [0.25, 0.3) is 6.10 Å². The number of carbonyl (C=O) groups is 1. The van der Waals surface area contributed by atoms with E-state index in [2.05, 4.69) is 18.6 Å². The van der Waals surface area contributed by atoms with E-state index in [1.54, 1.807) is 0 Å². The van der Waals surface area contributed by atoms with Gasteiger partial charge in [0.05, 0.1) is 0 Å². The lowest BCUT2D eigenvalue weighted by atomic mass is 10.4. The summed E-state index contributed by atoms with van der Waals surface area (Å²) in [5, 5.41) is 8.23. The molecule has 0 aromatic rings. The van der Waals surface area contributed by atoms with Crippen molar-refractivity contribution in [2.45, 2.75) is 6.10 Å². The van der Waals surface area contributed by atoms with E-state index in [4.69, 9.17) is 5.11 Å². The van der Waals surface area contributed by atoms with Crippen LogP contribution >= 0.6 is 0 Å². The molecule has 1 atom stereocenters. The Labute approximate surface area is 41.7 Å². The van der Waals surface area contributed by atoms with Crippen molar-refractivity contribution in [3.05, 3.63) is 6.92 Å². The molecule has 0 unspecified atom stereocenters. The summed E-state index contributed by atoms with van der Waals surface area (Å²) in [4.78, 5) is 12.9. The number of rotatable bonds is 1. The van der Waals surface area contributed by atoms with E-state index in [9.17, 15) is 4.79 Å². The van der Waals surface area contributed by atoms with Crippen molar-refractivity contribution in [1.82, 2.24) is 0 Å². The number of aliphatic hydroxyl groups excluding tert-OH is 1. The van der Waals surface area contributed by atoms with Gasteiger partial charge in [0.2, 0.25) is 0 Å². The predicted octanol–water partition coefficient (Wildman–Crippen LogP) is -0.591. The van der Waals surface area contributed by atoms with Gasteiger partial charge >= 0.3 is 5.91 Å². The molecule has 1 N–H and O–H groups in total. The Hall–Kier alpha value is -0.830. The molecule has 1 amide bonds. The smallest absolute Gasteiger partial charge is 0.321 e. The topological polar surface area (TPSA) is 49.7 Å². The molecule has 0 saturated carbocycles. The highest BCUT2D eigenvalue weighted by Gasteiger charge is 2.10. The van der Waals surface area contributed by atoms with Gasteiger partial charge in [-0.05, 0) is 6.72 Å². The Morgan fingerprint density at radius 2 is 2.43 bits per heavy atom. The lowest BCUT2D eigenvalue weighted by Gasteiger charge is -1.83. The van der Waals surface area contributed by atoms with Crippen LogP contribution in [0.3, 0.4) is 0 Å². The monoisotopic (exact) mass is 100 g/mol. The molecular weight excluding hydrogens is 94.0 g/mol. The third-order valence-corrected chi connectivity index (χ3v) is 0.441. The molecule has 7 heavy (non-hydrogen) atoms. The molecule has 0 aliphatic heterocycles. The van der Waals surface area contributed by atoms with Crippen molar-refractivity contribution < 1.29 is 9.90 Å². The Morgan fingerprint density at radius 3 is 2.43 bits per heavy atom. The zero-order chi connectivity index (χ0) is 5.86. The van der Waals surface area contributed by atoms with Gasteiger partial charge in [-0.1, -0.05) is 0 Å². The molecular formula is C4H6NO2+. The maximum atomic E-state index is 9.97. The van der Waals surface area contributed by atoms with E-state index in [0.29, 0.717) is 0 Å². The molecule has 3 heteroatoms. The molecule has 0 rings (SSSR count). The van der Waals surface area contributed by atoms with E-state index in [-0.39, 0.29) is 0 Å². The summed E-state index contributed by atoms with van der Waals surface area (Å²) in [6.45, 7) is 5.86. The summed E-state index contributed by atoms with van der Waals surface area (Å²) in [7, 11) is 0. The van der Waals surface area contributed by atoms with Crippen LogP contribution in [0, 0.1) is 6.92 Å². The molecule has 0 fully saturated rings. The number of carbonyl (C=O) groups excluding carboxylic acids is 1. The van der Waals surface area contributed by atoms with Crippen LogP contribution in [0.1, 0.15) is 0 Å². The summed E-state index contributed by atoms with van der Waals surface area (Å²) < 4.78 is 0. The highest BCUT2D eigenvalue weighted by Crippen LogP contribution is 1.79. The van der Waals surface area contributed by atoms with Gasteiger partial charge in [-0.15, -0.1) is 0 Å². The molecule has 0 aromatic carbocycles. The lowest BCUT2D eigenvalue weighted by molar-refractivity contribution is -0.123. The Morgan fingerprint density at radius 1 is 2.00 bits per heavy atom. The van der Waals surface area contributed by atoms with Crippen molar-refractivity contribution in [1.29, 1.82) is 0 Å². The summed E-state index contributed by atoms with van der Waals surface area (Å²) in [5.41, 5.74) is 0. The first-order chi connectivity index (χ1) is 3.18. The van der Waals surface area contributed by atoms with Crippen LogP contribution in [0.25, 0.3) is 0 Å².